The maximum Gasteiger partial charge on any atom is 0.143 e. The first kappa shape index (κ1) is 15.4. The number of hydrogen-bond donors (Lipinski definition) is 1. The molecule has 0 aliphatic heterocycles. The van der Waals surface area contributed by atoms with Crippen LogP contribution in [0.1, 0.15) is 24.4 Å². The number of benzene rings is 1. The third-order valence-electron chi connectivity index (χ3n) is 3.18. The summed E-state index contributed by atoms with van der Waals surface area (Å²) in [5.74, 6) is 1.23. The first-order chi connectivity index (χ1) is 10.1. The zero-order chi connectivity index (χ0) is 15.4. The van der Waals surface area contributed by atoms with Crippen LogP contribution in [0.15, 0.2) is 24.5 Å². The molecule has 0 saturated carbocycles. The van der Waals surface area contributed by atoms with Gasteiger partial charge in [0.25, 0.3) is 0 Å². The maximum absolute atomic E-state index is 6.10. The van der Waals surface area contributed by atoms with E-state index in [9.17, 15) is 0 Å². The van der Waals surface area contributed by atoms with Gasteiger partial charge in [-0.3, -0.25) is 9.97 Å². The zero-order valence-corrected chi connectivity index (χ0v) is 13.2. The van der Waals surface area contributed by atoms with Gasteiger partial charge in [0.2, 0.25) is 0 Å². The number of ether oxygens (including phenoxy) is 2. The Balaban J connectivity index is 2.32. The molecule has 1 N–H and O–H groups in total. The molecule has 0 aliphatic rings. The van der Waals surface area contributed by atoms with Crippen molar-refractivity contribution in [3.05, 3.63) is 40.9 Å². The Labute approximate surface area is 129 Å². The first-order valence-electron chi connectivity index (χ1n) is 6.52. The minimum Gasteiger partial charge on any atom is -0.495 e. The number of aryl methyl sites for hydroxylation is 1. The van der Waals surface area contributed by atoms with E-state index in [-0.39, 0.29) is 6.04 Å². The molecule has 2 aromatic rings. The average molecular weight is 308 g/mol. The topological polar surface area (TPSA) is 56.3 Å². The van der Waals surface area contributed by atoms with Gasteiger partial charge in [0.05, 0.1) is 42.4 Å². The molecule has 5 nitrogen and oxygen atoms in total. The number of methoxy groups -OCH3 is 2. The van der Waals surface area contributed by atoms with Crippen LogP contribution in [0.4, 0.5) is 5.69 Å². The second-order valence-electron chi connectivity index (χ2n) is 4.58. The number of halogens is 1. The molecule has 21 heavy (non-hydrogen) atoms. The molecule has 0 fully saturated rings. The Morgan fingerprint density at radius 1 is 1.10 bits per heavy atom. The highest BCUT2D eigenvalue weighted by Crippen LogP contribution is 2.37. The van der Waals surface area contributed by atoms with Gasteiger partial charge >= 0.3 is 0 Å². The molecule has 2 rings (SSSR count). The molecule has 6 heteroatoms. The highest BCUT2D eigenvalue weighted by molar-refractivity contribution is 6.32. The van der Waals surface area contributed by atoms with Crippen LogP contribution in [0.5, 0.6) is 11.5 Å². The summed E-state index contributed by atoms with van der Waals surface area (Å²) < 4.78 is 10.6. The van der Waals surface area contributed by atoms with Crippen molar-refractivity contribution in [3.8, 4) is 11.5 Å². The minimum absolute atomic E-state index is 0.0292. The molecule has 0 aliphatic carbocycles. The third-order valence-corrected chi connectivity index (χ3v) is 3.47. The van der Waals surface area contributed by atoms with Crippen molar-refractivity contribution in [2.45, 2.75) is 19.9 Å². The van der Waals surface area contributed by atoms with E-state index in [1.54, 1.807) is 32.7 Å². The summed E-state index contributed by atoms with van der Waals surface area (Å²) in [6.07, 6.45) is 3.36. The summed E-state index contributed by atoms with van der Waals surface area (Å²) in [5.41, 5.74) is 2.56. The van der Waals surface area contributed by atoms with Crippen LogP contribution < -0.4 is 14.8 Å². The Kier molecular flexibility index (Phi) is 4.85. The molecule has 0 radical (unpaired) electrons. The van der Waals surface area contributed by atoms with E-state index in [0.717, 1.165) is 17.1 Å². The fourth-order valence-corrected chi connectivity index (χ4v) is 2.35. The van der Waals surface area contributed by atoms with Crippen LogP contribution in [-0.2, 0) is 0 Å². The lowest BCUT2D eigenvalue weighted by Crippen LogP contribution is -2.11. The van der Waals surface area contributed by atoms with Crippen molar-refractivity contribution >= 4 is 17.3 Å². The van der Waals surface area contributed by atoms with Crippen LogP contribution in [0, 0.1) is 6.92 Å². The quantitative estimate of drug-likeness (QED) is 0.914. The third kappa shape index (κ3) is 3.36. The number of rotatable bonds is 5. The SMILES string of the molecule is COc1cc(NC(C)c2nccnc2C)c(OC)cc1Cl. The van der Waals surface area contributed by atoms with Crippen molar-refractivity contribution in [1.29, 1.82) is 0 Å². The molecule has 0 spiro atoms. The summed E-state index contributed by atoms with van der Waals surface area (Å²) in [4.78, 5) is 8.62. The number of nitrogens with one attached hydrogen (secondary N) is 1. The van der Waals surface area contributed by atoms with E-state index in [1.807, 2.05) is 19.9 Å². The van der Waals surface area contributed by atoms with E-state index in [1.165, 1.54) is 0 Å². The van der Waals surface area contributed by atoms with Gasteiger partial charge in [-0.15, -0.1) is 0 Å². The Bertz CT molecular complexity index is 634. The Morgan fingerprint density at radius 2 is 1.76 bits per heavy atom. The number of nitrogens with zero attached hydrogens (tertiary/aromatic N) is 2. The predicted molar refractivity (Wildman–Crippen MR) is 83.4 cm³/mol. The van der Waals surface area contributed by atoms with Crippen molar-refractivity contribution in [3.63, 3.8) is 0 Å². The monoisotopic (exact) mass is 307 g/mol. The lowest BCUT2D eigenvalue weighted by atomic mass is 10.1. The second kappa shape index (κ2) is 6.63. The molecule has 1 heterocycles. The average Bonchev–Trinajstić information content (AvgIpc) is 2.48. The van der Waals surface area contributed by atoms with E-state index in [0.29, 0.717) is 16.5 Å². The van der Waals surface area contributed by atoms with Crippen LogP contribution in [0.3, 0.4) is 0 Å². The van der Waals surface area contributed by atoms with E-state index in [4.69, 9.17) is 21.1 Å². The van der Waals surface area contributed by atoms with Gasteiger partial charge in [-0.05, 0) is 13.8 Å². The molecule has 1 atom stereocenters. The molecule has 1 aromatic heterocycles. The summed E-state index contributed by atoms with van der Waals surface area (Å²) in [5, 5.41) is 3.86. The fourth-order valence-electron chi connectivity index (χ4n) is 2.12. The molecular weight excluding hydrogens is 290 g/mol. The zero-order valence-electron chi connectivity index (χ0n) is 12.5. The molecule has 0 saturated heterocycles. The van der Waals surface area contributed by atoms with Gasteiger partial charge in [-0.2, -0.15) is 0 Å². The standard InChI is InChI=1S/C15H18ClN3O2/c1-9-15(18-6-5-17-9)10(2)19-12-8-13(20-3)11(16)7-14(12)21-4/h5-8,10,19H,1-4H3. The largest absolute Gasteiger partial charge is 0.495 e. The van der Waals surface area contributed by atoms with Crippen molar-refractivity contribution < 1.29 is 9.47 Å². The molecule has 1 unspecified atom stereocenters. The van der Waals surface area contributed by atoms with Gasteiger partial charge in [-0.25, -0.2) is 0 Å². The normalized spacial score (nSPS) is 11.9. The minimum atomic E-state index is -0.0292. The van der Waals surface area contributed by atoms with E-state index < -0.39 is 0 Å². The molecule has 1 aromatic carbocycles. The Hall–Kier alpha value is -2.01. The second-order valence-corrected chi connectivity index (χ2v) is 4.99. The van der Waals surface area contributed by atoms with Gasteiger partial charge in [0.1, 0.15) is 11.5 Å². The van der Waals surface area contributed by atoms with E-state index in [2.05, 4.69) is 15.3 Å². The highest BCUT2D eigenvalue weighted by atomic mass is 35.5. The van der Waals surface area contributed by atoms with E-state index >= 15 is 0 Å². The molecule has 0 amide bonds. The van der Waals surface area contributed by atoms with Gasteiger partial charge in [-0.1, -0.05) is 11.6 Å². The lowest BCUT2D eigenvalue weighted by Gasteiger charge is -2.19. The summed E-state index contributed by atoms with van der Waals surface area (Å²) in [7, 11) is 3.18. The van der Waals surface area contributed by atoms with Crippen molar-refractivity contribution in [2.24, 2.45) is 0 Å². The Morgan fingerprint density at radius 3 is 2.38 bits per heavy atom. The lowest BCUT2D eigenvalue weighted by molar-refractivity contribution is 0.404. The van der Waals surface area contributed by atoms with Crippen LogP contribution in [0.25, 0.3) is 0 Å². The predicted octanol–water partition coefficient (Wildman–Crippen LogP) is 3.63. The van der Waals surface area contributed by atoms with Crippen LogP contribution in [-0.4, -0.2) is 24.2 Å². The van der Waals surface area contributed by atoms with Crippen LogP contribution in [0.2, 0.25) is 5.02 Å². The van der Waals surface area contributed by atoms with Crippen molar-refractivity contribution in [2.75, 3.05) is 19.5 Å². The summed E-state index contributed by atoms with van der Waals surface area (Å²) >= 11 is 6.10. The smallest absolute Gasteiger partial charge is 0.143 e. The van der Waals surface area contributed by atoms with Crippen LogP contribution >= 0.6 is 11.6 Å². The highest BCUT2D eigenvalue weighted by Gasteiger charge is 2.15. The number of hydrogen-bond acceptors (Lipinski definition) is 5. The molecule has 112 valence electrons. The number of aromatic nitrogens is 2. The molecule has 0 bridgehead atoms. The maximum atomic E-state index is 6.10. The number of anilines is 1. The summed E-state index contributed by atoms with van der Waals surface area (Å²) in [6.45, 7) is 3.94. The van der Waals surface area contributed by atoms with Gasteiger partial charge in [0.15, 0.2) is 0 Å². The van der Waals surface area contributed by atoms with Gasteiger partial charge in [0, 0.05) is 24.5 Å². The van der Waals surface area contributed by atoms with Gasteiger partial charge < -0.3 is 14.8 Å². The fraction of sp³-hybridized carbons (Fsp3) is 0.333. The van der Waals surface area contributed by atoms with Crippen molar-refractivity contribution in [1.82, 2.24) is 9.97 Å². The summed E-state index contributed by atoms with van der Waals surface area (Å²) in [6, 6.07) is 3.50. The molecular formula is C15H18ClN3O2. The first-order valence-corrected chi connectivity index (χ1v) is 6.90.